The fraction of sp³-hybridized carbons (Fsp3) is 0.500. The molecule has 2 rings (SSSR count). The van der Waals surface area contributed by atoms with E-state index in [1.165, 1.54) is 0 Å². The van der Waals surface area contributed by atoms with Crippen molar-refractivity contribution in [3.8, 4) is 0 Å². The summed E-state index contributed by atoms with van der Waals surface area (Å²) < 4.78 is 37.8. The molecule has 1 atom stereocenters. The lowest BCUT2D eigenvalue weighted by Crippen LogP contribution is -2.43. The third kappa shape index (κ3) is 3.30. The molecule has 0 aliphatic carbocycles. The topological polar surface area (TPSA) is 40.5 Å². The van der Waals surface area contributed by atoms with Gasteiger partial charge in [-0.05, 0) is 31.5 Å². The van der Waals surface area contributed by atoms with Crippen LogP contribution in [0.2, 0.25) is 0 Å². The number of piperidine rings is 1. The third-order valence-electron chi connectivity index (χ3n) is 3.71. The van der Waals surface area contributed by atoms with E-state index in [1.54, 1.807) is 35.2 Å². The van der Waals surface area contributed by atoms with E-state index in [2.05, 4.69) is 0 Å². The van der Waals surface area contributed by atoms with Gasteiger partial charge in [0.2, 0.25) is 0 Å². The Balaban J connectivity index is 2.09. The van der Waals surface area contributed by atoms with Crippen molar-refractivity contribution in [1.82, 2.24) is 4.90 Å². The van der Waals surface area contributed by atoms with E-state index in [9.17, 15) is 23.1 Å². The predicted molar refractivity (Wildman–Crippen MR) is 67.2 cm³/mol. The summed E-state index contributed by atoms with van der Waals surface area (Å²) in [6.45, 7) is 0.298. The Kier molecular flexibility index (Phi) is 4.32. The number of hydrogen-bond acceptors (Lipinski definition) is 2. The van der Waals surface area contributed by atoms with E-state index < -0.39 is 24.1 Å². The van der Waals surface area contributed by atoms with Gasteiger partial charge in [0, 0.05) is 0 Å². The van der Waals surface area contributed by atoms with Gasteiger partial charge in [0.05, 0.1) is 5.92 Å². The number of halogens is 3. The van der Waals surface area contributed by atoms with Crippen LogP contribution in [0, 0.1) is 5.92 Å². The third-order valence-corrected chi connectivity index (χ3v) is 3.71. The van der Waals surface area contributed by atoms with Crippen molar-refractivity contribution in [1.29, 1.82) is 0 Å². The first kappa shape index (κ1) is 14.8. The first-order chi connectivity index (χ1) is 9.39. The average molecular weight is 287 g/mol. The van der Waals surface area contributed by atoms with Gasteiger partial charge in [0.15, 0.2) is 0 Å². The fourth-order valence-electron chi connectivity index (χ4n) is 2.63. The molecule has 20 heavy (non-hydrogen) atoms. The Morgan fingerprint density at radius 3 is 2.20 bits per heavy atom. The van der Waals surface area contributed by atoms with Gasteiger partial charge in [0.25, 0.3) is 0 Å². The number of carboxylic acids is 1. The normalized spacial score (nSPS) is 19.8. The molecule has 1 heterocycles. The van der Waals surface area contributed by atoms with Gasteiger partial charge in [-0.25, -0.2) is 0 Å². The maximum Gasteiger partial charge on any atom is 0.391 e. The highest BCUT2D eigenvalue weighted by Gasteiger charge is 2.42. The van der Waals surface area contributed by atoms with Crippen LogP contribution in [0.3, 0.4) is 0 Å². The lowest BCUT2D eigenvalue weighted by molar-refractivity contribution is -0.186. The number of carbonyl (C=O) groups is 1. The summed E-state index contributed by atoms with van der Waals surface area (Å²) >= 11 is 0. The molecule has 1 unspecified atom stereocenters. The minimum absolute atomic E-state index is 0.0416. The molecular weight excluding hydrogens is 271 g/mol. The van der Waals surface area contributed by atoms with Crippen molar-refractivity contribution in [2.75, 3.05) is 13.1 Å². The van der Waals surface area contributed by atoms with Gasteiger partial charge < -0.3 is 5.11 Å². The largest absolute Gasteiger partial charge is 0.480 e. The second kappa shape index (κ2) is 5.83. The number of benzene rings is 1. The Morgan fingerprint density at radius 2 is 1.75 bits per heavy atom. The summed E-state index contributed by atoms with van der Waals surface area (Å²) in [5.41, 5.74) is 0.602. The molecule has 0 spiro atoms. The van der Waals surface area contributed by atoms with Gasteiger partial charge in [0.1, 0.15) is 6.04 Å². The number of alkyl halides is 3. The Labute approximate surface area is 115 Å². The molecule has 0 radical (unpaired) electrons. The summed E-state index contributed by atoms with van der Waals surface area (Å²) in [5, 5.41) is 9.34. The summed E-state index contributed by atoms with van der Waals surface area (Å²) in [4.78, 5) is 13.0. The quantitative estimate of drug-likeness (QED) is 0.928. The SMILES string of the molecule is O=C(O)C(c1ccccc1)N1CCC(C(F)(F)F)CC1. The summed E-state index contributed by atoms with van der Waals surface area (Å²) in [7, 11) is 0. The van der Waals surface area contributed by atoms with E-state index in [1.807, 2.05) is 0 Å². The number of aliphatic carboxylic acids is 1. The van der Waals surface area contributed by atoms with E-state index in [0.717, 1.165) is 0 Å². The summed E-state index contributed by atoms with van der Waals surface area (Å²) in [6.07, 6.45) is -4.27. The number of hydrogen-bond donors (Lipinski definition) is 1. The highest BCUT2D eigenvalue weighted by Crippen LogP contribution is 2.36. The number of nitrogens with zero attached hydrogens (tertiary/aromatic N) is 1. The monoisotopic (exact) mass is 287 g/mol. The molecule has 1 aromatic carbocycles. The van der Waals surface area contributed by atoms with Gasteiger partial charge in [-0.15, -0.1) is 0 Å². The van der Waals surface area contributed by atoms with Gasteiger partial charge in [-0.3, -0.25) is 9.69 Å². The van der Waals surface area contributed by atoms with Crippen LogP contribution < -0.4 is 0 Å². The minimum atomic E-state index is -4.18. The molecule has 110 valence electrons. The van der Waals surface area contributed by atoms with Crippen LogP contribution >= 0.6 is 0 Å². The lowest BCUT2D eigenvalue weighted by atomic mass is 9.94. The van der Waals surface area contributed by atoms with Gasteiger partial charge in [-0.2, -0.15) is 13.2 Å². The molecule has 1 saturated heterocycles. The predicted octanol–water partition coefficient (Wildman–Crippen LogP) is 3.09. The zero-order valence-corrected chi connectivity index (χ0v) is 10.8. The molecule has 0 amide bonds. The van der Waals surface area contributed by atoms with Crippen LogP contribution in [0.25, 0.3) is 0 Å². The Morgan fingerprint density at radius 1 is 1.20 bits per heavy atom. The zero-order valence-electron chi connectivity index (χ0n) is 10.8. The van der Waals surface area contributed by atoms with Crippen molar-refractivity contribution in [2.24, 2.45) is 5.92 Å². The smallest absolute Gasteiger partial charge is 0.391 e. The zero-order chi connectivity index (χ0) is 14.8. The van der Waals surface area contributed by atoms with Crippen molar-refractivity contribution < 1.29 is 23.1 Å². The first-order valence-electron chi connectivity index (χ1n) is 6.48. The highest BCUT2D eigenvalue weighted by atomic mass is 19.4. The van der Waals surface area contributed by atoms with Gasteiger partial charge in [-0.1, -0.05) is 30.3 Å². The highest BCUT2D eigenvalue weighted by molar-refractivity contribution is 5.75. The molecule has 1 fully saturated rings. The van der Waals surface area contributed by atoms with Crippen LogP contribution in [-0.2, 0) is 4.79 Å². The van der Waals surface area contributed by atoms with E-state index >= 15 is 0 Å². The molecule has 1 aromatic rings. The maximum atomic E-state index is 12.6. The van der Waals surface area contributed by atoms with Crippen LogP contribution in [0.5, 0.6) is 0 Å². The molecule has 6 heteroatoms. The standard InChI is InChI=1S/C14H16F3NO2/c15-14(16,17)11-6-8-18(9-7-11)12(13(19)20)10-4-2-1-3-5-10/h1-5,11-12H,6-9H2,(H,19,20). The molecule has 1 aliphatic rings. The molecule has 0 saturated carbocycles. The Hall–Kier alpha value is -1.56. The maximum absolute atomic E-state index is 12.6. The minimum Gasteiger partial charge on any atom is -0.480 e. The van der Waals surface area contributed by atoms with Crippen molar-refractivity contribution in [3.63, 3.8) is 0 Å². The van der Waals surface area contributed by atoms with E-state index in [0.29, 0.717) is 5.56 Å². The second-order valence-corrected chi connectivity index (χ2v) is 5.00. The summed E-state index contributed by atoms with van der Waals surface area (Å²) in [6, 6.07) is 7.74. The Bertz CT molecular complexity index is 453. The number of carboxylic acid groups (broad SMARTS) is 1. The summed E-state index contributed by atoms with van der Waals surface area (Å²) in [5.74, 6) is -2.34. The van der Waals surface area contributed by atoms with Crippen molar-refractivity contribution in [2.45, 2.75) is 25.1 Å². The van der Waals surface area contributed by atoms with Crippen LogP contribution in [0.15, 0.2) is 30.3 Å². The van der Waals surface area contributed by atoms with Crippen LogP contribution in [-0.4, -0.2) is 35.2 Å². The second-order valence-electron chi connectivity index (χ2n) is 5.00. The number of rotatable bonds is 3. The van der Waals surface area contributed by atoms with Crippen LogP contribution in [0.1, 0.15) is 24.4 Å². The first-order valence-corrected chi connectivity index (χ1v) is 6.48. The number of likely N-dealkylation sites (tertiary alicyclic amines) is 1. The van der Waals surface area contributed by atoms with Crippen LogP contribution in [0.4, 0.5) is 13.2 Å². The molecule has 1 N–H and O–H groups in total. The van der Waals surface area contributed by atoms with Crippen molar-refractivity contribution >= 4 is 5.97 Å². The van der Waals surface area contributed by atoms with Gasteiger partial charge >= 0.3 is 12.1 Å². The average Bonchev–Trinajstić information content (AvgIpc) is 2.39. The molecule has 3 nitrogen and oxygen atoms in total. The van der Waals surface area contributed by atoms with E-state index in [4.69, 9.17) is 0 Å². The van der Waals surface area contributed by atoms with Crippen molar-refractivity contribution in [3.05, 3.63) is 35.9 Å². The van der Waals surface area contributed by atoms with E-state index in [-0.39, 0.29) is 25.9 Å². The fourth-order valence-corrected chi connectivity index (χ4v) is 2.63. The molecule has 0 aromatic heterocycles. The molecule has 0 bridgehead atoms. The lowest BCUT2D eigenvalue weighted by Gasteiger charge is -2.36. The molecular formula is C14H16F3NO2. The molecule has 1 aliphatic heterocycles.